The number of amides is 1. The van der Waals surface area contributed by atoms with Crippen LogP contribution in [0.2, 0.25) is 0 Å². The van der Waals surface area contributed by atoms with E-state index in [0.717, 1.165) is 24.2 Å². The van der Waals surface area contributed by atoms with Crippen LogP contribution < -0.4 is 10.3 Å². The fourth-order valence-corrected chi connectivity index (χ4v) is 5.80. The monoisotopic (exact) mass is 583 g/mol. The second-order valence-corrected chi connectivity index (χ2v) is 12.6. The topological polar surface area (TPSA) is 99.1 Å². The molecule has 2 aromatic carbocycles. The summed E-state index contributed by atoms with van der Waals surface area (Å²) in [6.45, 7) is 3.18. The molecule has 0 spiro atoms. The third kappa shape index (κ3) is 12.0. The number of nitrogens with one attached hydrogen (secondary N) is 1. The van der Waals surface area contributed by atoms with E-state index in [1.54, 1.807) is 6.07 Å². The maximum absolute atomic E-state index is 12.6. The lowest BCUT2D eigenvalue weighted by Crippen LogP contribution is -2.19. The molecule has 0 bridgehead atoms. The van der Waals surface area contributed by atoms with E-state index >= 15 is 0 Å². The molecule has 1 aliphatic heterocycles. The van der Waals surface area contributed by atoms with E-state index in [1.165, 1.54) is 120 Å². The van der Waals surface area contributed by atoms with E-state index in [-0.39, 0.29) is 17.2 Å². The van der Waals surface area contributed by atoms with Crippen LogP contribution in [-0.2, 0) is 14.9 Å². The standard InChI is InChI=1S/C33H49N3O4S/c1-2-3-4-5-6-7-8-9-10-11-12-13-14-15-16-17-24-34-29-21-18-20-28(25-29)32-27-33(37)36(35-32)30-22-19-23-31(26-30)41(38,39)40/h18-23,25-26,34H,2-17,24,27H2,1H3,(H,38,39,40). The van der Waals surface area contributed by atoms with Gasteiger partial charge >= 0.3 is 0 Å². The minimum Gasteiger partial charge on any atom is -0.385 e. The van der Waals surface area contributed by atoms with Crippen molar-refractivity contribution in [1.29, 1.82) is 0 Å². The highest BCUT2D eigenvalue weighted by atomic mass is 32.2. The molecule has 7 nitrogen and oxygen atoms in total. The minimum absolute atomic E-state index is 0.124. The Kier molecular flexibility index (Phi) is 14.4. The number of anilines is 2. The molecule has 0 aliphatic carbocycles. The lowest BCUT2D eigenvalue weighted by Gasteiger charge is -2.12. The highest BCUT2D eigenvalue weighted by Gasteiger charge is 2.27. The average Bonchev–Trinajstić information content (AvgIpc) is 3.36. The van der Waals surface area contributed by atoms with Gasteiger partial charge in [-0.1, -0.05) is 121 Å². The van der Waals surface area contributed by atoms with Crippen LogP contribution >= 0.6 is 0 Å². The van der Waals surface area contributed by atoms with E-state index in [9.17, 15) is 17.8 Å². The summed E-state index contributed by atoms with van der Waals surface area (Å²) in [5.41, 5.74) is 2.77. The normalized spacial score (nSPS) is 13.6. The zero-order chi connectivity index (χ0) is 29.3. The molecule has 1 heterocycles. The van der Waals surface area contributed by atoms with Crippen LogP contribution in [0.15, 0.2) is 58.5 Å². The van der Waals surface area contributed by atoms with Gasteiger partial charge in [-0.05, 0) is 36.8 Å². The van der Waals surface area contributed by atoms with Crippen molar-refractivity contribution in [3.8, 4) is 0 Å². The summed E-state index contributed by atoms with van der Waals surface area (Å²) < 4.78 is 32.3. The molecule has 0 saturated heterocycles. The van der Waals surface area contributed by atoms with Gasteiger partial charge in [0.05, 0.1) is 22.7 Å². The second-order valence-electron chi connectivity index (χ2n) is 11.2. The number of carbonyl (C=O) groups excluding carboxylic acids is 1. The van der Waals surface area contributed by atoms with Crippen LogP contribution in [0, 0.1) is 0 Å². The summed E-state index contributed by atoms with van der Waals surface area (Å²) in [5, 5.41) is 9.14. The van der Waals surface area contributed by atoms with Gasteiger partial charge in [-0.25, -0.2) is 5.01 Å². The number of hydrogen-bond acceptors (Lipinski definition) is 5. The van der Waals surface area contributed by atoms with E-state index in [1.807, 2.05) is 24.3 Å². The minimum atomic E-state index is -4.37. The molecule has 2 aromatic rings. The zero-order valence-electron chi connectivity index (χ0n) is 24.8. The molecule has 0 saturated carbocycles. The first-order chi connectivity index (χ1) is 19.9. The number of hydrazone groups is 1. The Hall–Kier alpha value is -2.71. The molecule has 2 N–H and O–H groups in total. The summed E-state index contributed by atoms with van der Waals surface area (Å²) in [6.07, 6.45) is 21.8. The van der Waals surface area contributed by atoms with Crippen LogP contribution in [0.5, 0.6) is 0 Å². The first-order valence-electron chi connectivity index (χ1n) is 15.7. The summed E-state index contributed by atoms with van der Waals surface area (Å²) >= 11 is 0. The smallest absolute Gasteiger partial charge is 0.294 e. The first kappa shape index (κ1) is 32.8. The molecule has 0 unspecified atom stereocenters. The Morgan fingerprint density at radius 2 is 1.34 bits per heavy atom. The van der Waals surface area contributed by atoms with Crippen molar-refractivity contribution < 1.29 is 17.8 Å². The van der Waals surface area contributed by atoms with Crippen LogP contribution in [0.4, 0.5) is 11.4 Å². The van der Waals surface area contributed by atoms with Gasteiger partial charge < -0.3 is 5.32 Å². The third-order valence-corrected chi connectivity index (χ3v) is 8.54. The molecule has 0 atom stereocenters. The van der Waals surface area contributed by atoms with Crippen molar-refractivity contribution in [1.82, 2.24) is 0 Å². The molecule has 226 valence electrons. The number of carbonyl (C=O) groups is 1. The molecule has 0 aromatic heterocycles. The fourth-order valence-electron chi connectivity index (χ4n) is 5.28. The van der Waals surface area contributed by atoms with E-state index in [4.69, 9.17) is 0 Å². The Morgan fingerprint density at radius 1 is 0.780 bits per heavy atom. The summed E-state index contributed by atoms with van der Waals surface area (Å²) in [7, 11) is -4.37. The van der Waals surface area contributed by atoms with Crippen molar-refractivity contribution in [2.24, 2.45) is 5.10 Å². The summed E-state index contributed by atoms with van der Waals surface area (Å²) in [5.74, 6) is -0.251. The van der Waals surface area contributed by atoms with Crippen molar-refractivity contribution in [2.45, 2.75) is 121 Å². The second kappa shape index (κ2) is 18.0. The van der Waals surface area contributed by atoms with Gasteiger partial charge in [0.2, 0.25) is 0 Å². The quantitative estimate of drug-likeness (QED) is 0.113. The van der Waals surface area contributed by atoms with Gasteiger partial charge in [0.25, 0.3) is 16.0 Å². The molecule has 0 fully saturated rings. The van der Waals surface area contributed by atoms with E-state index < -0.39 is 10.1 Å². The lowest BCUT2D eigenvalue weighted by atomic mass is 10.0. The van der Waals surface area contributed by atoms with Crippen LogP contribution in [0.25, 0.3) is 0 Å². The number of nitrogens with zero attached hydrogens (tertiary/aromatic N) is 2. The molecule has 41 heavy (non-hydrogen) atoms. The molecular formula is C33H49N3O4S. The van der Waals surface area contributed by atoms with Crippen LogP contribution in [0.1, 0.15) is 122 Å². The van der Waals surface area contributed by atoms with Crippen molar-refractivity contribution in [3.05, 3.63) is 54.1 Å². The van der Waals surface area contributed by atoms with Gasteiger partial charge in [-0.3, -0.25) is 9.35 Å². The average molecular weight is 584 g/mol. The highest BCUT2D eigenvalue weighted by Crippen LogP contribution is 2.26. The fraction of sp³-hybridized carbons (Fsp3) is 0.576. The predicted molar refractivity (Wildman–Crippen MR) is 169 cm³/mol. The summed E-state index contributed by atoms with van der Waals surface area (Å²) in [6, 6.07) is 13.5. The van der Waals surface area contributed by atoms with Gasteiger partial charge in [-0.2, -0.15) is 13.5 Å². The number of unbranched alkanes of at least 4 members (excludes halogenated alkanes) is 15. The zero-order valence-corrected chi connectivity index (χ0v) is 25.6. The van der Waals surface area contributed by atoms with E-state index in [0.29, 0.717) is 11.4 Å². The first-order valence-corrected chi connectivity index (χ1v) is 17.1. The predicted octanol–water partition coefficient (Wildman–Crippen LogP) is 8.75. The Labute approximate surface area is 247 Å². The van der Waals surface area contributed by atoms with Gasteiger partial charge in [0.15, 0.2) is 0 Å². The SMILES string of the molecule is CCCCCCCCCCCCCCCCCCNc1cccc(C2=NN(c3cccc(S(=O)(=O)O)c3)C(=O)C2)c1. The number of hydrogen-bond donors (Lipinski definition) is 2. The van der Waals surface area contributed by atoms with Crippen molar-refractivity contribution >= 4 is 33.1 Å². The maximum atomic E-state index is 12.6. The summed E-state index contributed by atoms with van der Waals surface area (Å²) in [4.78, 5) is 12.4. The van der Waals surface area contributed by atoms with Crippen molar-refractivity contribution in [3.63, 3.8) is 0 Å². The lowest BCUT2D eigenvalue weighted by molar-refractivity contribution is -0.116. The molecule has 8 heteroatoms. The Bertz CT molecular complexity index is 1210. The number of benzene rings is 2. The largest absolute Gasteiger partial charge is 0.385 e. The van der Waals surface area contributed by atoms with Crippen molar-refractivity contribution in [2.75, 3.05) is 16.9 Å². The van der Waals surface area contributed by atoms with Gasteiger partial charge in [0.1, 0.15) is 0 Å². The Balaban J connectivity index is 1.29. The molecule has 3 rings (SSSR count). The maximum Gasteiger partial charge on any atom is 0.294 e. The highest BCUT2D eigenvalue weighted by molar-refractivity contribution is 7.85. The Morgan fingerprint density at radius 3 is 1.93 bits per heavy atom. The molecular weight excluding hydrogens is 534 g/mol. The molecule has 1 aliphatic rings. The number of rotatable bonds is 21. The van der Waals surface area contributed by atoms with E-state index in [2.05, 4.69) is 17.3 Å². The molecule has 1 amide bonds. The van der Waals surface area contributed by atoms with Gasteiger partial charge in [0, 0.05) is 17.8 Å². The van der Waals surface area contributed by atoms with Crippen LogP contribution in [0.3, 0.4) is 0 Å². The third-order valence-electron chi connectivity index (χ3n) is 7.69. The van der Waals surface area contributed by atoms with Gasteiger partial charge in [-0.15, -0.1) is 0 Å². The molecule has 0 radical (unpaired) electrons. The van der Waals surface area contributed by atoms with Crippen LogP contribution in [-0.4, -0.2) is 31.1 Å².